The van der Waals surface area contributed by atoms with E-state index in [0.717, 1.165) is 12.0 Å². The Hall–Kier alpha value is -1.28. The normalized spacial score (nSPS) is 11.1. The van der Waals surface area contributed by atoms with Crippen LogP contribution in [0.1, 0.15) is 25.8 Å². The zero-order valence-corrected chi connectivity index (χ0v) is 11.0. The quantitative estimate of drug-likeness (QED) is 0.798. The van der Waals surface area contributed by atoms with Gasteiger partial charge in [0.15, 0.2) is 0 Å². The maximum absolute atomic E-state index is 11.5. The molecule has 17 heavy (non-hydrogen) atoms. The molecule has 0 unspecified atom stereocenters. The summed E-state index contributed by atoms with van der Waals surface area (Å²) in [7, 11) is 0. The standard InChI is InChI=1S/C14H18ClNO/c1-11(2)9-10-16-14(17)8-7-12-5-3-4-6-13(12)15/h3-8,11H,9-10H2,1-2H3,(H,16,17)/b8-7+. The monoisotopic (exact) mass is 251 g/mol. The van der Waals surface area contributed by atoms with Crippen molar-refractivity contribution < 1.29 is 4.79 Å². The number of nitrogens with one attached hydrogen (secondary N) is 1. The number of halogens is 1. The van der Waals surface area contributed by atoms with Crippen molar-refractivity contribution in [1.82, 2.24) is 5.32 Å². The first kappa shape index (κ1) is 13.8. The molecule has 0 aliphatic carbocycles. The van der Waals surface area contributed by atoms with Crippen molar-refractivity contribution >= 4 is 23.6 Å². The molecular weight excluding hydrogens is 234 g/mol. The Balaban J connectivity index is 2.43. The lowest BCUT2D eigenvalue weighted by atomic mass is 10.1. The minimum atomic E-state index is -0.0782. The first-order valence-corrected chi connectivity index (χ1v) is 6.18. The molecule has 0 saturated heterocycles. The molecule has 1 aromatic rings. The summed E-state index contributed by atoms with van der Waals surface area (Å²) in [6, 6.07) is 7.43. The largest absolute Gasteiger partial charge is 0.353 e. The summed E-state index contributed by atoms with van der Waals surface area (Å²) in [5.41, 5.74) is 0.855. The summed E-state index contributed by atoms with van der Waals surface area (Å²) < 4.78 is 0. The van der Waals surface area contributed by atoms with Crippen molar-refractivity contribution in [3.05, 3.63) is 40.9 Å². The zero-order chi connectivity index (χ0) is 12.7. The van der Waals surface area contributed by atoms with E-state index in [-0.39, 0.29) is 5.91 Å². The molecule has 0 radical (unpaired) electrons. The van der Waals surface area contributed by atoms with Gasteiger partial charge in [0.2, 0.25) is 5.91 Å². The van der Waals surface area contributed by atoms with Crippen LogP contribution >= 0.6 is 11.6 Å². The number of benzene rings is 1. The second-order valence-corrected chi connectivity index (χ2v) is 4.74. The first-order valence-electron chi connectivity index (χ1n) is 5.80. The van der Waals surface area contributed by atoms with E-state index in [1.807, 2.05) is 18.2 Å². The molecule has 1 amide bonds. The van der Waals surface area contributed by atoms with Gasteiger partial charge >= 0.3 is 0 Å². The van der Waals surface area contributed by atoms with Crippen molar-refractivity contribution in [2.45, 2.75) is 20.3 Å². The summed E-state index contributed by atoms with van der Waals surface area (Å²) in [6.07, 6.45) is 4.24. The van der Waals surface area contributed by atoms with E-state index < -0.39 is 0 Å². The topological polar surface area (TPSA) is 29.1 Å². The first-order chi connectivity index (χ1) is 8.09. The Labute approximate surface area is 108 Å². The highest BCUT2D eigenvalue weighted by Crippen LogP contribution is 2.15. The molecule has 0 spiro atoms. The Bertz CT molecular complexity index is 399. The molecule has 1 N–H and O–H groups in total. The van der Waals surface area contributed by atoms with Crippen LogP contribution in [0.15, 0.2) is 30.3 Å². The van der Waals surface area contributed by atoms with Gasteiger partial charge in [-0.1, -0.05) is 43.6 Å². The minimum Gasteiger partial charge on any atom is -0.353 e. The van der Waals surface area contributed by atoms with Gasteiger partial charge in [-0.3, -0.25) is 4.79 Å². The predicted octanol–water partition coefficient (Wildman–Crippen LogP) is 3.52. The van der Waals surface area contributed by atoms with Gasteiger partial charge in [0.25, 0.3) is 0 Å². The van der Waals surface area contributed by atoms with Crippen molar-refractivity contribution in [3.8, 4) is 0 Å². The van der Waals surface area contributed by atoms with E-state index in [1.165, 1.54) is 6.08 Å². The van der Waals surface area contributed by atoms with Gasteiger partial charge in [-0.05, 0) is 30.0 Å². The molecule has 0 fully saturated rings. The number of carbonyl (C=O) groups excluding carboxylic acids is 1. The second-order valence-electron chi connectivity index (χ2n) is 4.33. The van der Waals surface area contributed by atoms with E-state index in [0.29, 0.717) is 17.5 Å². The van der Waals surface area contributed by atoms with Crippen molar-refractivity contribution in [2.75, 3.05) is 6.54 Å². The van der Waals surface area contributed by atoms with Gasteiger partial charge < -0.3 is 5.32 Å². The van der Waals surface area contributed by atoms with Gasteiger partial charge in [0, 0.05) is 17.6 Å². The maximum Gasteiger partial charge on any atom is 0.244 e. The summed E-state index contributed by atoms with van der Waals surface area (Å²) in [5.74, 6) is 0.522. The minimum absolute atomic E-state index is 0.0782. The van der Waals surface area contributed by atoms with Crippen LogP contribution in [0.5, 0.6) is 0 Å². The van der Waals surface area contributed by atoms with Crippen molar-refractivity contribution in [2.24, 2.45) is 5.92 Å². The molecule has 0 saturated carbocycles. The Morgan fingerprint density at radius 3 is 2.76 bits per heavy atom. The third-order valence-electron chi connectivity index (χ3n) is 2.34. The molecule has 0 atom stereocenters. The van der Waals surface area contributed by atoms with Crippen LogP contribution in [0.25, 0.3) is 6.08 Å². The van der Waals surface area contributed by atoms with Gasteiger partial charge in [0.05, 0.1) is 0 Å². The molecular formula is C14H18ClNO. The summed E-state index contributed by atoms with van der Waals surface area (Å²) in [6.45, 7) is 4.97. The summed E-state index contributed by atoms with van der Waals surface area (Å²) >= 11 is 5.97. The van der Waals surface area contributed by atoms with Crippen LogP contribution in [-0.4, -0.2) is 12.5 Å². The summed E-state index contributed by atoms with van der Waals surface area (Å²) in [4.78, 5) is 11.5. The van der Waals surface area contributed by atoms with Crippen LogP contribution in [0, 0.1) is 5.92 Å². The number of amides is 1. The molecule has 92 valence electrons. The highest BCUT2D eigenvalue weighted by atomic mass is 35.5. The maximum atomic E-state index is 11.5. The number of rotatable bonds is 5. The lowest BCUT2D eigenvalue weighted by Crippen LogP contribution is -2.23. The molecule has 0 aliphatic rings. The molecule has 1 rings (SSSR count). The van der Waals surface area contributed by atoms with E-state index in [9.17, 15) is 4.79 Å². The SMILES string of the molecule is CC(C)CCNC(=O)/C=C/c1ccccc1Cl. The van der Waals surface area contributed by atoms with E-state index in [1.54, 1.807) is 12.1 Å². The Morgan fingerprint density at radius 1 is 1.41 bits per heavy atom. The molecule has 0 bridgehead atoms. The average Bonchev–Trinajstić information content (AvgIpc) is 2.27. The lowest BCUT2D eigenvalue weighted by Gasteiger charge is -2.04. The fourth-order valence-electron chi connectivity index (χ4n) is 1.32. The summed E-state index contributed by atoms with van der Waals surface area (Å²) in [5, 5.41) is 3.49. The average molecular weight is 252 g/mol. The molecule has 0 aliphatic heterocycles. The Morgan fingerprint density at radius 2 is 2.12 bits per heavy atom. The second kappa shape index (κ2) is 7.13. The highest BCUT2D eigenvalue weighted by Gasteiger charge is 1.98. The van der Waals surface area contributed by atoms with Crippen LogP contribution in [0.4, 0.5) is 0 Å². The van der Waals surface area contributed by atoms with E-state index in [4.69, 9.17) is 11.6 Å². The molecule has 1 aromatic carbocycles. The zero-order valence-electron chi connectivity index (χ0n) is 10.2. The van der Waals surface area contributed by atoms with Crippen LogP contribution < -0.4 is 5.32 Å². The van der Waals surface area contributed by atoms with Crippen LogP contribution in [0.2, 0.25) is 5.02 Å². The fraction of sp³-hybridized carbons (Fsp3) is 0.357. The molecule has 3 heteroatoms. The molecule has 0 aromatic heterocycles. The van der Waals surface area contributed by atoms with Crippen LogP contribution in [-0.2, 0) is 4.79 Å². The number of hydrogen-bond acceptors (Lipinski definition) is 1. The van der Waals surface area contributed by atoms with Crippen molar-refractivity contribution in [1.29, 1.82) is 0 Å². The smallest absolute Gasteiger partial charge is 0.244 e. The predicted molar refractivity (Wildman–Crippen MR) is 73.0 cm³/mol. The van der Waals surface area contributed by atoms with Crippen molar-refractivity contribution in [3.63, 3.8) is 0 Å². The van der Waals surface area contributed by atoms with Gasteiger partial charge in [-0.15, -0.1) is 0 Å². The highest BCUT2D eigenvalue weighted by molar-refractivity contribution is 6.32. The van der Waals surface area contributed by atoms with E-state index >= 15 is 0 Å². The van der Waals surface area contributed by atoms with Gasteiger partial charge in [0.1, 0.15) is 0 Å². The third-order valence-corrected chi connectivity index (χ3v) is 2.68. The number of carbonyl (C=O) groups is 1. The molecule has 0 heterocycles. The van der Waals surface area contributed by atoms with Gasteiger partial charge in [-0.2, -0.15) is 0 Å². The number of hydrogen-bond donors (Lipinski definition) is 1. The van der Waals surface area contributed by atoms with E-state index in [2.05, 4.69) is 19.2 Å². The third kappa shape index (κ3) is 5.55. The lowest BCUT2D eigenvalue weighted by molar-refractivity contribution is -0.116. The van der Waals surface area contributed by atoms with Crippen LogP contribution in [0.3, 0.4) is 0 Å². The molecule has 2 nitrogen and oxygen atoms in total. The Kier molecular flexibility index (Phi) is 5.78. The van der Waals surface area contributed by atoms with Gasteiger partial charge in [-0.25, -0.2) is 0 Å². The fourth-order valence-corrected chi connectivity index (χ4v) is 1.52.